The van der Waals surface area contributed by atoms with Gasteiger partial charge in [-0.15, -0.1) is 0 Å². The lowest BCUT2D eigenvalue weighted by molar-refractivity contribution is 0.219. The molecule has 2 heterocycles. The fourth-order valence-electron chi connectivity index (χ4n) is 1.97. The second-order valence-corrected chi connectivity index (χ2v) is 4.41. The molecule has 0 bridgehead atoms. The van der Waals surface area contributed by atoms with Crippen LogP contribution >= 0.6 is 11.6 Å². The third-order valence-electron chi connectivity index (χ3n) is 2.79. The number of nitrogens with zero attached hydrogens (tertiary/aromatic N) is 2. The van der Waals surface area contributed by atoms with Crippen molar-refractivity contribution in [1.29, 1.82) is 0 Å². The fourth-order valence-corrected chi connectivity index (χ4v) is 2.15. The zero-order chi connectivity index (χ0) is 10.7. The smallest absolute Gasteiger partial charge is 0.129 e. The average molecular weight is 227 g/mol. The number of aliphatic hydroxyl groups is 1. The summed E-state index contributed by atoms with van der Waals surface area (Å²) in [5.41, 5.74) is 1.00. The Morgan fingerprint density at radius 2 is 2.40 bits per heavy atom. The topological polar surface area (TPSA) is 36.4 Å². The zero-order valence-corrected chi connectivity index (χ0v) is 9.32. The van der Waals surface area contributed by atoms with Crippen LogP contribution in [0.2, 0.25) is 5.15 Å². The molecule has 1 atom stereocenters. The highest BCUT2D eigenvalue weighted by molar-refractivity contribution is 6.29. The van der Waals surface area contributed by atoms with Gasteiger partial charge in [-0.05, 0) is 31.0 Å². The summed E-state index contributed by atoms with van der Waals surface area (Å²) in [5, 5.41) is 9.58. The molecule has 82 valence electrons. The molecule has 2 rings (SSSR count). The molecule has 15 heavy (non-hydrogen) atoms. The number of hydrogen-bond acceptors (Lipinski definition) is 3. The summed E-state index contributed by atoms with van der Waals surface area (Å²) in [7, 11) is 0. The van der Waals surface area contributed by atoms with E-state index in [0.717, 1.165) is 31.7 Å². The lowest BCUT2D eigenvalue weighted by Crippen LogP contribution is -2.21. The molecule has 0 radical (unpaired) electrons. The van der Waals surface area contributed by atoms with Gasteiger partial charge in [0.25, 0.3) is 0 Å². The molecule has 1 aliphatic rings. The van der Waals surface area contributed by atoms with E-state index >= 15 is 0 Å². The van der Waals surface area contributed by atoms with Gasteiger partial charge in [0, 0.05) is 19.7 Å². The van der Waals surface area contributed by atoms with Crippen molar-refractivity contribution in [1.82, 2.24) is 9.88 Å². The summed E-state index contributed by atoms with van der Waals surface area (Å²) in [6, 6.07) is 5.69. The van der Waals surface area contributed by atoms with Crippen LogP contribution in [0.4, 0.5) is 0 Å². The van der Waals surface area contributed by atoms with Gasteiger partial charge in [0.1, 0.15) is 5.15 Å². The minimum absolute atomic E-state index is 0.291. The van der Waals surface area contributed by atoms with Gasteiger partial charge in [-0.1, -0.05) is 17.7 Å². The first-order chi connectivity index (χ1) is 7.28. The number of pyridine rings is 1. The van der Waals surface area contributed by atoms with Crippen molar-refractivity contribution in [3.8, 4) is 0 Å². The Balaban J connectivity index is 1.92. The lowest BCUT2D eigenvalue weighted by Gasteiger charge is -2.14. The third kappa shape index (κ3) is 2.91. The molecule has 1 aromatic rings. The molecule has 4 heteroatoms. The predicted molar refractivity (Wildman–Crippen MR) is 59.7 cm³/mol. The highest BCUT2D eigenvalue weighted by Crippen LogP contribution is 2.17. The van der Waals surface area contributed by atoms with Crippen LogP contribution in [0.25, 0.3) is 0 Å². The molecule has 0 saturated carbocycles. The zero-order valence-electron chi connectivity index (χ0n) is 8.56. The average Bonchev–Trinajstić information content (AvgIpc) is 2.65. The van der Waals surface area contributed by atoms with Crippen LogP contribution < -0.4 is 0 Å². The van der Waals surface area contributed by atoms with E-state index in [1.165, 1.54) is 0 Å². The Labute approximate surface area is 94.7 Å². The number of halogens is 1. The molecule has 1 unspecified atom stereocenters. The molecule has 0 aromatic carbocycles. The van der Waals surface area contributed by atoms with Crippen molar-refractivity contribution in [2.75, 3.05) is 19.7 Å². The molecule has 1 saturated heterocycles. The molecular formula is C11H15ClN2O. The first-order valence-electron chi connectivity index (χ1n) is 5.22. The Kier molecular flexibility index (Phi) is 3.57. The molecular weight excluding hydrogens is 212 g/mol. The van der Waals surface area contributed by atoms with Crippen molar-refractivity contribution in [3.05, 3.63) is 29.0 Å². The van der Waals surface area contributed by atoms with E-state index in [1.807, 2.05) is 12.1 Å². The van der Waals surface area contributed by atoms with Crippen molar-refractivity contribution < 1.29 is 5.11 Å². The van der Waals surface area contributed by atoms with Gasteiger partial charge in [0.15, 0.2) is 0 Å². The van der Waals surface area contributed by atoms with E-state index in [2.05, 4.69) is 9.88 Å². The second kappa shape index (κ2) is 4.92. The van der Waals surface area contributed by atoms with Gasteiger partial charge in [-0.2, -0.15) is 0 Å². The number of rotatable bonds is 3. The van der Waals surface area contributed by atoms with Gasteiger partial charge in [0.2, 0.25) is 0 Å². The first kappa shape index (κ1) is 10.9. The first-order valence-corrected chi connectivity index (χ1v) is 5.60. The maximum absolute atomic E-state index is 9.03. The summed E-state index contributed by atoms with van der Waals surface area (Å²) in [6.07, 6.45) is 1.08. The Morgan fingerprint density at radius 1 is 1.53 bits per heavy atom. The quantitative estimate of drug-likeness (QED) is 0.795. The second-order valence-electron chi connectivity index (χ2n) is 4.02. The van der Waals surface area contributed by atoms with Crippen LogP contribution in [0.5, 0.6) is 0 Å². The molecule has 1 aromatic heterocycles. The summed E-state index contributed by atoms with van der Waals surface area (Å²) in [4.78, 5) is 6.55. The SMILES string of the molecule is OCC1CCN(Cc2cccc(Cl)n2)C1. The van der Waals surface area contributed by atoms with Crippen molar-refractivity contribution >= 4 is 11.6 Å². The van der Waals surface area contributed by atoms with Crippen LogP contribution in [0.15, 0.2) is 18.2 Å². The molecule has 3 nitrogen and oxygen atoms in total. The number of aromatic nitrogens is 1. The standard InChI is InChI=1S/C11H15ClN2O/c12-11-3-1-2-10(13-11)7-14-5-4-9(6-14)8-15/h1-3,9,15H,4-8H2. The molecule has 0 amide bonds. The van der Waals surface area contributed by atoms with Crippen molar-refractivity contribution in [2.45, 2.75) is 13.0 Å². The number of aliphatic hydroxyl groups excluding tert-OH is 1. The van der Waals surface area contributed by atoms with Crippen molar-refractivity contribution in [2.24, 2.45) is 5.92 Å². The lowest BCUT2D eigenvalue weighted by atomic mass is 10.1. The molecule has 1 fully saturated rings. The number of hydrogen-bond donors (Lipinski definition) is 1. The molecule has 1 aliphatic heterocycles. The van der Waals surface area contributed by atoms with Crippen LogP contribution in [0, 0.1) is 5.92 Å². The minimum atomic E-state index is 0.291. The summed E-state index contributed by atoms with van der Waals surface area (Å²) >= 11 is 5.82. The minimum Gasteiger partial charge on any atom is -0.396 e. The maximum Gasteiger partial charge on any atom is 0.129 e. The molecule has 0 spiro atoms. The van der Waals surface area contributed by atoms with E-state index in [9.17, 15) is 0 Å². The summed E-state index contributed by atoms with van der Waals surface area (Å²) in [5.74, 6) is 0.434. The van der Waals surface area contributed by atoms with Crippen molar-refractivity contribution in [3.63, 3.8) is 0 Å². The monoisotopic (exact) mass is 226 g/mol. The Bertz CT molecular complexity index is 332. The van der Waals surface area contributed by atoms with E-state index in [4.69, 9.17) is 16.7 Å². The van der Waals surface area contributed by atoms with Crippen LogP contribution in [0.3, 0.4) is 0 Å². The molecule has 0 aliphatic carbocycles. The maximum atomic E-state index is 9.03. The van der Waals surface area contributed by atoms with Gasteiger partial charge in [-0.3, -0.25) is 4.90 Å². The van der Waals surface area contributed by atoms with E-state index in [0.29, 0.717) is 17.7 Å². The van der Waals surface area contributed by atoms with Crippen LogP contribution in [0.1, 0.15) is 12.1 Å². The normalized spacial score (nSPS) is 22.1. The van der Waals surface area contributed by atoms with Gasteiger partial charge in [0.05, 0.1) is 5.69 Å². The van der Waals surface area contributed by atoms with E-state index in [-0.39, 0.29) is 0 Å². The Morgan fingerprint density at radius 3 is 3.07 bits per heavy atom. The van der Waals surface area contributed by atoms with Gasteiger partial charge < -0.3 is 5.11 Å². The molecule has 1 N–H and O–H groups in total. The summed E-state index contributed by atoms with van der Waals surface area (Å²) in [6.45, 7) is 3.13. The Hall–Kier alpha value is -0.640. The predicted octanol–water partition coefficient (Wildman–Crippen LogP) is 1.55. The van der Waals surface area contributed by atoms with E-state index < -0.39 is 0 Å². The van der Waals surface area contributed by atoms with E-state index in [1.54, 1.807) is 6.07 Å². The van der Waals surface area contributed by atoms with Crippen LogP contribution in [-0.4, -0.2) is 34.7 Å². The number of likely N-dealkylation sites (tertiary alicyclic amines) is 1. The van der Waals surface area contributed by atoms with Crippen LogP contribution in [-0.2, 0) is 6.54 Å². The fraction of sp³-hybridized carbons (Fsp3) is 0.545. The van der Waals surface area contributed by atoms with Gasteiger partial charge >= 0.3 is 0 Å². The largest absolute Gasteiger partial charge is 0.396 e. The van der Waals surface area contributed by atoms with Gasteiger partial charge in [-0.25, -0.2) is 4.98 Å². The highest BCUT2D eigenvalue weighted by Gasteiger charge is 2.21. The third-order valence-corrected chi connectivity index (χ3v) is 3.00. The summed E-state index contributed by atoms with van der Waals surface area (Å²) < 4.78 is 0. The highest BCUT2D eigenvalue weighted by atomic mass is 35.5.